The van der Waals surface area contributed by atoms with Gasteiger partial charge in [-0.05, 0) is 33.9 Å². The highest BCUT2D eigenvalue weighted by Gasteiger charge is 2.28. The number of aromatic carboxylic acids is 1. The number of benzene rings is 2. The van der Waals surface area contributed by atoms with Crippen molar-refractivity contribution in [1.82, 2.24) is 15.6 Å². The van der Waals surface area contributed by atoms with Gasteiger partial charge in [-0.1, -0.05) is 54.6 Å². The van der Waals surface area contributed by atoms with Crippen molar-refractivity contribution in [2.45, 2.75) is 18.9 Å². The van der Waals surface area contributed by atoms with Crippen LogP contribution in [-0.4, -0.2) is 41.2 Å². The molecule has 0 aliphatic heterocycles. The highest BCUT2D eigenvalue weighted by atomic mass is 16.5. The van der Waals surface area contributed by atoms with Gasteiger partial charge in [-0.3, -0.25) is 4.79 Å². The van der Waals surface area contributed by atoms with E-state index in [0.29, 0.717) is 5.56 Å². The Balaban J connectivity index is 1.20. The summed E-state index contributed by atoms with van der Waals surface area (Å²) < 4.78 is 5.44. The summed E-state index contributed by atoms with van der Waals surface area (Å²) in [6.07, 6.45) is 0.918. The fraction of sp³-hybridized carbons (Fsp3) is 0.200. The van der Waals surface area contributed by atoms with Crippen LogP contribution >= 0.6 is 0 Å². The summed E-state index contributed by atoms with van der Waals surface area (Å²) >= 11 is 0. The molecule has 168 valence electrons. The Morgan fingerprint density at radius 3 is 2.18 bits per heavy atom. The number of carboxylic acids is 1. The SMILES string of the molecule is O=C(CCNC(=O)OCC1c2ccccc2-c2ccccc21)NCc1ccc(C(=O)O)nc1. The molecular weight excluding hydrogens is 422 g/mol. The Labute approximate surface area is 190 Å². The molecule has 0 saturated heterocycles. The Bertz CT molecular complexity index is 1130. The van der Waals surface area contributed by atoms with Gasteiger partial charge in [0, 0.05) is 31.6 Å². The number of fused-ring (bicyclic) bond motifs is 3. The molecule has 4 rings (SSSR count). The van der Waals surface area contributed by atoms with Gasteiger partial charge in [-0.15, -0.1) is 0 Å². The average Bonchev–Trinajstić information content (AvgIpc) is 3.15. The summed E-state index contributed by atoms with van der Waals surface area (Å²) in [5.41, 5.74) is 5.21. The maximum absolute atomic E-state index is 12.2. The van der Waals surface area contributed by atoms with Gasteiger partial charge in [0.2, 0.25) is 5.91 Å². The number of hydrogen-bond acceptors (Lipinski definition) is 5. The lowest BCUT2D eigenvalue weighted by Crippen LogP contribution is -2.31. The molecule has 8 nitrogen and oxygen atoms in total. The first-order valence-corrected chi connectivity index (χ1v) is 10.6. The molecule has 0 atom stereocenters. The molecule has 33 heavy (non-hydrogen) atoms. The molecule has 1 aromatic heterocycles. The monoisotopic (exact) mass is 445 g/mol. The van der Waals surface area contributed by atoms with Crippen molar-refractivity contribution in [3.05, 3.63) is 89.2 Å². The van der Waals surface area contributed by atoms with Gasteiger partial charge in [0.15, 0.2) is 0 Å². The molecule has 1 aliphatic rings. The zero-order valence-corrected chi connectivity index (χ0v) is 17.8. The Hall–Kier alpha value is -4.20. The van der Waals surface area contributed by atoms with Crippen LogP contribution in [0.25, 0.3) is 11.1 Å². The van der Waals surface area contributed by atoms with Gasteiger partial charge < -0.3 is 20.5 Å². The quantitative estimate of drug-likeness (QED) is 0.490. The third-order valence-electron chi connectivity index (χ3n) is 5.50. The molecule has 0 spiro atoms. The lowest BCUT2D eigenvalue weighted by molar-refractivity contribution is -0.121. The van der Waals surface area contributed by atoms with Crippen LogP contribution in [0.1, 0.15) is 39.5 Å². The van der Waals surface area contributed by atoms with Crippen LogP contribution < -0.4 is 10.6 Å². The summed E-state index contributed by atoms with van der Waals surface area (Å²) in [6.45, 7) is 0.570. The average molecular weight is 445 g/mol. The van der Waals surface area contributed by atoms with E-state index in [1.54, 1.807) is 6.07 Å². The van der Waals surface area contributed by atoms with Crippen molar-refractivity contribution >= 4 is 18.0 Å². The number of nitrogens with one attached hydrogen (secondary N) is 2. The normalized spacial score (nSPS) is 11.9. The van der Waals surface area contributed by atoms with Crippen molar-refractivity contribution in [1.29, 1.82) is 0 Å². The summed E-state index contributed by atoms with van der Waals surface area (Å²) in [7, 11) is 0. The molecule has 3 aromatic rings. The van der Waals surface area contributed by atoms with Crippen molar-refractivity contribution in [3.8, 4) is 11.1 Å². The molecule has 3 N–H and O–H groups in total. The second-order valence-electron chi connectivity index (χ2n) is 7.64. The molecule has 1 aliphatic carbocycles. The predicted molar refractivity (Wildman–Crippen MR) is 121 cm³/mol. The van der Waals surface area contributed by atoms with E-state index >= 15 is 0 Å². The van der Waals surface area contributed by atoms with Gasteiger partial charge in [-0.2, -0.15) is 0 Å². The molecule has 2 amide bonds. The molecular formula is C25H23N3O5. The minimum atomic E-state index is -1.11. The van der Waals surface area contributed by atoms with E-state index in [9.17, 15) is 14.4 Å². The number of nitrogens with zero attached hydrogens (tertiary/aromatic N) is 1. The van der Waals surface area contributed by atoms with Crippen LogP contribution in [0.15, 0.2) is 66.9 Å². The van der Waals surface area contributed by atoms with Crippen molar-refractivity contribution in [2.75, 3.05) is 13.2 Å². The lowest BCUT2D eigenvalue weighted by atomic mass is 9.98. The number of ether oxygens (including phenoxy) is 1. The van der Waals surface area contributed by atoms with E-state index in [4.69, 9.17) is 9.84 Å². The molecule has 8 heteroatoms. The van der Waals surface area contributed by atoms with E-state index in [-0.39, 0.29) is 43.6 Å². The van der Waals surface area contributed by atoms with E-state index in [1.807, 2.05) is 24.3 Å². The Morgan fingerprint density at radius 1 is 0.909 bits per heavy atom. The van der Waals surface area contributed by atoms with Crippen molar-refractivity contribution in [3.63, 3.8) is 0 Å². The first-order valence-electron chi connectivity index (χ1n) is 10.6. The van der Waals surface area contributed by atoms with Gasteiger partial charge in [-0.25, -0.2) is 14.6 Å². The van der Waals surface area contributed by atoms with Gasteiger partial charge in [0.1, 0.15) is 12.3 Å². The first-order chi connectivity index (χ1) is 16.0. The second kappa shape index (κ2) is 9.95. The first kappa shape index (κ1) is 22.0. The smallest absolute Gasteiger partial charge is 0.407 e. The number of carboxylic acid groups (broad SMARTS) is 1. The van der Waals surface area contributed by atoms with E-state index < -0.39 is 12.1 Å². The maximum atomic E-state index is 12.2. The summed E-state index contributed by atoms with van der Waals surface area (Å²) in [5, 5.41) is 14.2. The Kier molecular flexibility index (Phi) is 6.64. The zero-order chi connectivity index (χ0) is 23.2. The number of rotatable bonds is 8. The van der Waals surface area contributed by atoms with Crippen LogP contribution in [0.5, 0.6) is 0 Å². The van der Waals surface area contributed by atoms with Crippen LogP contribution in [0.2, 0.25) is 0 Å². The van der Waals surface area contributed by atoms with Crippen molar-refractivity contribution in [2.24, 2.45) is 0 Å². The van der Waals surface area contributed by atoms with E-state index in [0.717, 1.165) is 22.3 Å². The number of amides is 2. The number of pyridine rings is 1. The number of carbonyl (C=O) groups is 3. The zero-order valence-electron chi connectivity index (χ0n) is 17.8. The van der Waals surface area contributed by atoms with E-state index in [1.165, 1.54) is 12.3 Å². The van der Waals surface area contributed by atoms with Crippen LogP contribution in [0.4, 0.5) is 4.79 Å². The molecule has 0 fully saturated rings. The third kappa shape index (κ3) is 5.17. The number of carbonyl (C=O) groups excluding carboxylic acids is 2. The number of aromatic nitrogens is 1. The molecule has 2 aromatic carbocycles. The van der Waals surface area contributed by atoms with Gasteiger partial charge in [0.05, 0.1) is 0 Å². The van der Waals surface area contributed by atoms with Crippen LogP contribution in [0.3, 0.4) is 0 Å². The minimum Gasteiger partial charge on any atom is -0.477 e. The van der Waals surface area contributed by atoms with Gasteiger partial charge in [0.25, 0.3) is 0 Å². The maximum Gasteiger partial charge on any atom is 0.407 e. The standard InChI is InChI=1S/C25H23N3O5/c29-23(28-14-16-9-10-22(24(30)31)27-13-16)11-12-26-25(32)33-15-21-19-7-3-1-5-17(19)18-6-2-4-8-20(18)21/h1-10,13,21H,11-12,14-15H2,(H,26,32)(H,28,29)(H,30,31). The van der Waals surface area contributed by atoms with Crippen LogP contribution in [-0.2, 0) is 16.1 Å². The highest BCUT2D eigenvalue weighted by Crippen LogP contribution is 2.44. The number of alkyl carbamates (subject to hydrolysis) is 1. The third-order valence-corrected chi connectivity index (χ3v) is 5.50. The summed E-state index contributed by atoms with van der Waals surface area (Å²) in [6, 6.07) is 19.2. The summed E-state index contributed by atoms with van der Waals surface area (Å²) in [5.74, 6) is -1.38. The highest BCUT2D eigenvalue weighted by molar-refractivity contribution is 5.85. The molecule has 1 heterocycles. The fourth-order valence-electron chi connectivity index (χ4n) is 3.87. The molecule has 0 unspecified atom stereocenters. The van der Waals surface area contributed by atoms with Crippen molar-refractivity contribution < 1.29 is 24.2 Å². The second-order valence-corrected chi connectivity index (χ2v) is 7.64. The molecule has 0 saturated carbocycles. The Morgan fingerprint density at radius 2 is 1.58 bits per heavy atom. The van der Waals surface area contributed by atoms with Crippen LogP contribution in [0, 0.1) is 0 Å². The van der Waals surface area contributed by atoms with E-state index in [2.05, 4.69) is 39.9 Å². The number of hydrogen-bond donors (Lipinski definition) is 3. The fourth-order valence-corrected chi connectivity index (χ4v) is 3.87. The largest absolute Gasteiger partial charge is 0.477 e. The topological polar surface area (TPSA) is 118 Å². The molecule has 0 bridgehead atoms. The lowest BCUT2D eigenvalue weighted by Gasteiger charge is -2.14. The minimum absolute atomic E-state index is 0.0208. The summed E-state index contributed by atoms with van der Waals surface area (Å²) in [4.78, 5) is 38.8. The molecule has 0 radical (unpaired) electrons. The van der Waals surface area contributed by atoms with Gasteiger partial charge >= 0.3 is 12.1 Å². The predicted octanol–water partition coefficient (Wildman–Crippen LogP) is 3.32.